The van der Waals surface area contributed by atoms with E-state index in [-0.39, 0.29) is 17.0 Å². The fraction of sp³-hybridized carbons (Fsp3) is 0.409. The molecular weight excluding hydrogens is 471 g/mol. The van der Waals surface area contributed by atoms with Crippen LogP contribution in [0.5, 0.6) is 5.75 Å². The number of allylic oxidation sites excluding steroid dienone is 2. The lowest BCUT2D eigenvalue weighted by Gasteiger charge is -2.42. The molecule has 2 N–H and O–H groups in total. The quantitative estimate of drug-likeness (QED) is 0.539. The van der Waals surface area contributed by atoms with E-state index in [0.29, 0.717) is 0 Å². The van der Waals surface area contributed by atoms with Crippen molar-refractivity contribution in [2.24, 2.45) is 11.3 Å². The van der Waals surface area contributed by atoms with Gasteiger partial charge < -0.3 is 20.1 Å². The molecule has 0 saturated heterocycles. The summed E-state index contributed by atoms with van der Waals surface area (Å²) < 4.78 is 81.9. The Morgan fingerprint density at radius 3 is 2.55 bits per heavy atom. The van der Waals surface area contributed by atoms with Crippen LogP contribution in [0.2, 0.25) is 5.02 Å². The number of rotatable bonds is 7. The van der Waals surface area contributed by atoms with Crippen molar-refractivity contribution in [3.8, 4) is 5.75 Å². The summed E-state index contributed by atoms with van der Waals surface area (Å²) >= 11 is 6.15. The predicted molar refractivity (Wildman–Crippen MR) is 112 cm³/mol. The molecule has 2 aliphatic rings. The van der Waals surface area contributed by atoms with Crippen LogP contribution in [0.1, 0.15) is 18.5 Å². The van der Waals surface area contributed by atoms with Crippen molar-refractivity contribution >= 4 is 17.5 Å². The summed E-state index contributed by atoms with van der Waals surface area (Å²) in [5.74, 6) is -3.16. The van der Waals surface area contributed by atoms with Crippen molar-refractivity contribution in [1.29, 1.82) is 0 Å². The van der Waals surface area contributed by atoms with Gasteiger partial charge in [-0.25, -0.2) is 8.78 Å². The Bertz CT molecular complexity index is 1020. The van der Waals surface area contributed by atoms with E-state index in [1.165, 1.54) is 25.3 Å². The van der Waals surface area contributed by atoms with Crippen LogP contribution in [0.4, 0.5) is 22.0 Å². The molecular formula is C22H22ClF5N2O3. The van der Waals surface area contributed by atoms with Gasteiger partial charge in [0.2, 0.25) is 5.91 Å². The number of alkyl halides is 3. The van der Waals surface area contributed by atoms with Gasteiger partial charge in [-0.2, -0.15) is 13.2 Å². The van der Waals surface area contributed by atoms with Crippen LogP contribution in [-0.4, -0.2) is 39.0 Å². The molecule has 0 spiro atoms. The number of benzene rings is 1. The third-order valence-electron chi connectivity index (χ3n) is 5.79. The van der Waals surface area contributed by atoms with Crippen molar-refractivity contribution in [3.63, 3.8) is 0 Å². The number of halogens is 6. The van der Waals surface area contributed by atoms with Gasteiger partial charge in [0.15, 0.2) is 11.6 Å². The third kappa shape index (κ3) is 4.72. The van der Waals surface area contributed by atoms with Gasteiger partial charge in [0.25, 0.3) is 0 Å². The van der Waals surface area contributed by atoms with E-state index in [2.05, 4.69) is 10.6 Å². The van der Waals surface area contributed by atoms with Crippen LogP contribution in [0.15, 0.2) is 48.0 Å². The van der Waals surface area contributed by atoms with Crippen LogP contribution in [0.3, 0.4) is 0 Å². The Morgan fingerprint density at radius 1 is 1.24 bits per heavy atom. The van der Waals surface area contributed by atoms with Crippen molar-refractivity contribution < 1.29 is 36.2 Å². The molecule has 1 aromatic rings. The number of hydrogen-bond donors (Lipinski definition) is 2. The highest BCUT2D eigenvalue weighted by Gasteiger charge is 2.57. The van der Waals surface area contributed by atoms with Gasteiger partial charge in [-0.3, -0.25) is 4.79 Å². The van der Waals surface area contributed by atoms with Crippen molar-refractivity contribution in [1.82, 2.24) is 10.6 Å². The highest BCUT2D eigenvalue weighted by atomic mass is 35.5. The number of amides is 1. The Morgan fingerprint density at radius 2 is 1.94 bits per heavy atom. The zero-order valence-electron chi connectivity index (χ0n) is 17.9. The molecule has 1 aliphatic carbocycles. The number of fused-ring (bicyclic) bond motifs is 1. The first-order chi connectivity index (χ1) is 15.4. The van der Waals surface area contributed by atoms with Crippen molar-refractivity contribution in [2.75, 3.05) is 20.8 Å². The average molecular weight is 493 g/mol. The smallest absolute Gasteiger partial charge is 0.398 e. The number of ether oxygens (including phenoxy) is 2. The topological polar surface area (TPSA) is 59.6 Å². The van der Waals surface area contributed by atoms with Crippen LogP contribution in [-0.2, 0) is 9.53 Å². The van der Waals surface area contributed by atoms with Crippen molar-refractivity contribution in [2.45, 2.75) is 25.2 Å². The number of hydrogen-bond acceptors (Lipinski definition) is 4. The molecule has 4 atom stereocenters. The number of carbonyl (C=O) groups is 1. The molecule has 1 heterocycles. The average Bonchev–Trinajstić information content (AvgIpc) is 2.73. The first-order valence-corrected chi connectivity index (χ1v) is 10.2. The molecule has 3 unspecified atom stereocenters. The summed E-state index contributed by atoms with van der Waals surface area (Å²) in [5.41, 5.74) is -2.77. The molecule has 1 aliphatic heterocycles. The monoisotopic (exact) mass is 492 g/mol. The van der Waals surface area contributed by atoms with Gasteiger partial charge >= 0.3 is 6.18 Å². The van der Waals surface area contributed by atoms with Gasteiger partial charge in [-0.15, -0.1) is 0 Å². The SMILES string of the molecule is COCC(C)([C@@H](NC1=CC(F)=CC2NC(=O)C=CC12)c1ccc(OC)c(F)c1Cl)C(F)(F)F. The summed E-state index contributed by atoms with van der Waals surface area (Å²) in [6.07, 6.45) is 0.0263. The predicted octanol–water partition coefficient (Wildman–Crippen LogP) is 4.76. The first kappa shape index (κ1) is 25.0. The molecule has 0 fully saturated rings. The molecule has 1 amide bonds. The summed E-state index contributed by atoms with van der Waals surface area (Å²) in [6.45, 7) is 0.0998. The third-order valence-corrected chi connectivity index (χ3v) is 6.17. The summed E-state index contributed by atoms with van der Waals surface area (Å²) in [5, 5.41) is 4.71. The fourth-order valence-corrected chi connectivity index (χ4v) is 4.23. The highest BCUT2D eigenvalue weighted by molar-refractivity contribution is 6.31. The lowest BCUT2D eigenvalue weighted by molar-refractivity contribution is -0.242. The Balaban J connectivity index is 2.16. The largest absolute Gasteiger partial charge is 0.494 e. The normalized spacial score (nSPS) is 23.0. The van der Waals surface area contributed by atoms with E-state index < -0.39 is 58.8 Å². The maximum Gasteiger partial charge on any atom is 0.398 e. The van der Waals surface area contributed by atoms with Gasteiger partial charge in [-0.05, 0) is 36.8 Å². The summed E-state index contributed by atoms with van der Waals surface area (Å²) in [6, 6.07) is -0.117. The standard InChI is InChI=1S/C22H22ClF5N2O3/c1-21(10-32-2,22(26,27)28)20(13-4-6-16(33-3)19(25)18(13)23)30-15-9-11(24)8-14-12(15)5-7-17(31)29-14/h4-9,12,14,20,30H,10H2,1-3H3,(H,29,31)/t12?,14?,20-,21?/m0/s1. The molecule has 5 nitrogen and oxygen atoms in total. The molecule has 180 valence electrons. The highest BCUT2D eigenvalue weighted by Crippen LogP contribution is 2.50. The maximum absolute atomic E-state index is 14.7. The van der Waals surface area contributed by atoms with Gasteiger partial charge in [0, 0.05) is 18.7 Å². The van der Waals surface area contributed by atoms with Crippen LogP contribution >= 0.6 is 11.6 Å². The molecule has 1 aromatic carbocycles. The fourth-order valence-electron chi connectivity index (χ4n) is 3.96. The van der Waals surface area contributed by atoms with Crippen LogP contribution in [0, 0.1) is 17.2 Å². The van der Waals surface area contributed by atoms with E-state index in [9.17, 15) is 26.7 Å². The second-order valence-corrected chi connectivity index (χ2v) is 8.36. The molecule has 0 radical (unpaired) electrons. The molecule has 11 heteroatoms. The second-order valence-electron chi connectivity index (χ2n) is 7.98. The second kappa shape index (κ2) is 9.34. The van der Waals surface area contributed by atoms with Crippen molar-refractivity contribution in [3.05, 3.63) is 64.4 Å². The van der Waals surface area contributed by atoms with E-state index in [4.69, 9.17) is 21.1 Å². The maximum atomic E-state index is 14.7. The van der Waals surface area contributed by atoms with E-state index in [1.807, 2.05) is 0 Å². The Hall–Kier alpha value is -2.59. The Kier molecular flexibility index (Phi) is 7.09. The van der Waals surface area contributed by atoms with E-state index in [0.717, 1.165) is 32.3 Å². The summed E-state index contributed by atoms with van der Waals surface area (Å²) in [7, 11) is 2.30. The Labute approximate surface area is 192 Å². The molecule has 3 rings (SSSR count). The first-order valence-electron chi connectivity index (χ1n) is 9.84. The minimum absolute atomic E-state index is 0.0557. The van der Waals surface area contributed by atoms with Crippen LogP contribution in [0.25, 0.3) is 0 Å². The minimum Gasteiger partial charge on any atom is -0.494 e. The van der Waals surface area contributed by atoms with Gasteiger partial charge in [0.1, 0.15) is 11.2 Å². The molecule has 0 aromatic heterocycles. The van der Waals surface area contributed by atoms with Crippen LogP contribution < -0.4 is 15.4 Å². The summed E-state index contributed by atoms with van der Waals surface area (Å²) in [4.78, 5) is 11.7. The number of methoxy groups -OCH3 is 2. The van der Waals surface area contributed by atoms with E-state index >= 15 is 0 Å². The van der Waals surface area contributed by atoms with Gasteiger partial charge in [0.05, 0.1) is 30.8 Å². The zero-order valence-corrected chi connectivity index (χ0v) is 18.7. The molecule has 0 bridgehead atoms. The van der Waals surface area contributed by atoms with Gasteiger partial charge in [-0.1, -0.05) is 23.7 Å². The number of nitrogens with one attached hydrogen (secondary N) is 2. The zero-order chi connectivity index (χ0) is 24.6. The molecule has 0 saturated carbocycles. The minimum atomic E-state index is -4.83. The lowest BCUT2D eigenvalue weighted by atomic mass is 9.77. The molecule has 33 heavy (non-hydrogen) atoms. The number of carbonyl (C=O) groups excluding carboxylic acids is 1. The van der Waals surface area contributed by atoms with E-state index in [1.54, 1.807) is 0 Å². The lowest BCUT2D eigenvalue weighted by Crippen LogP contribution is -2.51.